The number of nitrogens with two attached hydrogens (primary N) is 3. The van der Waals surface area contributed by atoms with Crippen LogP contribution in [-0.2, 0) is 42.9 Å². The fourth-order valence-electron chi connectivity index (χ4n) is 5.04. The Hall–Kier alpha value is -3.13. The molecule has 0 spiro atoms. The van der Waals surface area contributed by atoms with Gasteiger partial charge in [0.05, 0.1) is 24.8 Å². The number of rotatable bonds is 7. The number of carboxylic acid groups (broad SMARTS) is 5. The molecule has 0 bridgehead atoms. The van der Waals surface area contributed by atoms with E-state index in [1.165, 1.54) is 0 Å². The first-order valence-corrected chi connectivity index (χ1v) is 16.4. The molecule has 0 aromatic rings. The molecule has 16 N–H and O–H groups in total. The first-order chi connectivity index (χ1) is 24.2. The number of aliphatic hydroxyl groups excluding tert-OH is 2. The largest absolute Gasteiger partial charge is 0.481 e. The van der Waals surface area contributed by atoms with Crippen LogP contribution in [0.2, 0.25) is 0 Å². The predicted octanol–water partition coefficient (Wildman–Crippen LogP) is -2.87. The van der Waals surface area contributed by atoms with Gasteiger partial charge in [-0.15, -0.1) is 0 Å². The second-order valence-corrected chi connectivity index (χ2v) is 12.5. The molecule has 314 valence electrons. The van der Waals surface area contributed by atoms with Crippen molar-refractivity contribution in [3.63, 3.8) is 0 Å². The maximum absolute atomic E-state index is 11.1. The summed E-state index contributed by atoms with van der Waals surface area (Å²) in [5, 5.41) is 75.4. The van der Waals surface area contributed by atoms with E-state index in [0.29, 0.717) is 12.8 Å². The van der Waals surface area contributed by atoms with Crippen molar-refractivity contribution in [3.8, 4) is 0 Å². The summed E-state index contributed by atoms with van der Waals surface area (Å²) in [6, 6.07) is -2.11. The molecule has 0 aromatic heterocycles. The van der Waals surface area contributed by atoms with Crippen molar-refractivity contribution in [2.75, 3.05) is 20.7 Å². The lowest BCUT2D eigenvalue weighted by Crippen LogP contribution is -2.68. The Morgan fingerprint density at radius 2 is 1.09 bits per heavy atom. The summed E-state index contributed by atoms with van der Waals surface area (Å²) >= 11 is 0. The molecule has 3 rings (SSSR count). The van der Waals surface area contributed by atoms with E-state index in [1.807, 2.05) is 14.0 Å². The lowest BCUT2D eigenvalue weighted by Gasteiger charge is -2.48. The van der Waals surface area contributed by atoms with Gasteiger partial charge in [-0.05, 0) is 47.2 Å². The number of carboxylic acids is 5. The van der Waals surface area contributed by atoms with Gasteiger partial charge in [0, 0.05) is 52.7 Å². The van der Waals surface area contributed by atoms with Gasteiger partial charge >= 0.3 is 0 Å². The Bertz CT molecular complexity index is 998. The van der Waals surface area contributed by atoms with Gasteiger partial charge in [-0.25, -0.2) is 0 Å². The van der Waals surface area contributed by atoms with E-state index in [2.05, 4.69) is 10.6 Å². The quantitative estimate of drug-likeness (QED) is 0.123. The van der Waals surface area contributed by atoms with Crippen LogP contribution in [-0.4, -0.2) is 170 Å². The highest BCUT2D eigenvalue weighted by atomic mass is 16.7. The zero-order valence-electron chi connectivity index (χ0n) is 31.7. The molecule has 22 nitrogen and oxygen atoms in total. The smallest absolute Gasteiger partial charge is 0.300 e. The van der Waals surface area contributed by atoms with Crippen molar-refractivity contribution in [2.24, 2.45) is 17.2 Å². The lowest BCUT2D eigenvalue weighted by molar-refractivity contribution is -0.307. The number of hydrogen-bond acceptors (Lipinski definition) is 17. The van der Waals surface area contributed by atoms with E-state index in [0.717, 1.165) is 41.0 Å². The minimum atomic E-state index is -1.29. The zero-order valence-corrected chi connectivity index (χ0v) is 31.7. The summed E-state index contributed by atoms with van der Waals surface area (Å²) in [5.74, 6) is -4.17. The average Bonchev–Trinajstić information content (AvgIpc) is 2.97. The lowest BCUT2D eigenvalue weighted by atomic mass is 9.84. The van der Waals surface area contributed by atoms with E-state index in [1.54, 1.807) is 14.0 Å². The van der Waals surface area contributed by atoms with Gasteiger partial charge in [0.15, 0.2) is 12.6 Å². The number of likely N-dealkylation sites (N-methyl/N-ethyl adjacent to an activating group) is 2. The Balaban J connectivity index is -0.00000103. The summed E-state index contributed by atoms with van der Waals surface area (Å²) in [5.41, 5.74) is 17.5. The second kappa shape index (κ2) is 27.5. The maximum Gasteiger partial charge on any atom is 0.300 e. The molecule has 3 aliphatic rings. The van der Waals surface area contributed by atoms with Gasteiger partial charge in [-0.1, -0.05) is 0 Å². The molecular weight excluding hydrogens is 714 g/mol. The fraction of sp³-hybridized carbons (Fsp3) is 0.839. The molecule has 3 fully saturated rings. The Morgan fingerprint density at radius 1 is 0.717 bits per heavy atom. The van der Waals surface area contributed by atoms with Crippen molar-refractivity contribution < 1.29 is 83.8 Å². The van der Waals surface area contributed by atoms with Crippen molar-refractivity contribution in [3.05, 3.63) is 0 Å². The Labute approximate surface area is 308 Å². The number of ether oxygens (including phenoxy) is 4. The molecule has 13 unspecified atom stereocenters. The SMILES string of the molecule is CC(=O)O.CC(=O)O.CC(=O)O.CC(=O)O.CC(=O)O.CNC(C)C1CCC(N)C(OC2C(N)CC(N)C(OC3OCC(C)(O)C(NC)C3O)C2O)O1. The van der Waals surface area contributed by atoms with Crippen molar-refractivity contribution in [1.29, 1.82) is 0 Å². The van der Waals surface area contributed by atoms with Crippen LogP contribution in [0, 0.1) is 0 Å². The Kier molecular flexibility index (Phi) is 28.1. The van der Waals surface area contributed by atoms with Crippen LogP contribution in [0.5, 0.6) is 0 Å². The van der Waals surface area contributed by atoms with Gasteiger partial charge in [-0.2, -0.15) is 0 Å². The molecule has 53 heavy (non-hydrogen) atoms. The second-order valence-electron chi connectivity index (χ2n) is 12.5. The van der Waals surface area contributed by atoms with Crippen LogP contribution in [0.4, 0.5) is 0 Å². The molecule has 2 saturated heterocycles. The molecular formula is C31H63N5O17. The summed E-state index contributed by atoms with van der Waals surface area (Å²) < 4.78 is 23.7. The third-order valence-corrected chi connectivity index (χ3v) is 7.24. The molecule has 0 radical (unpaired) electrons. The minimum Gasteiger partial charge on any atom is -0.481 e. The van der Waals surface area contributed by atoms with Gasteiger partial charge in [-0.3, -0.25) is 24.0 Å². The molecule has 0 amide bonds. The van der Waals surface area contributed by atoms with Crippen LogP contribution in [0.15, 0.2) is 0 Å². The highest BCUT2D eigenvalue weighted by Gasteiger charge is 2.51. The monoisotopic (exact) mass is 777 g/mol. The normalized spacial score (nSPS) is 33.6. The highest BCUT2D eigenvalue weighted by Crippen LogP contribution is 2.31. The summed E-state index contributed by atoms with van der Waals surface area (Å²) in [6.45, 7) is 8.94. The first-order valence-electron chi connectivity index (χ1n) is 16.4. The molecule has 0 aromatic carbocycles. The van der Waals surface area contributed by atoms with E-state index in [-0.39, 0.29) is 24.8 Å². The number of carbonyl (C=O) groups is 5. The van der Waals surface area contributed by atoms with E-state index in [4.69, 9.17) is 85.7 Å². The summed E-state index contributed by atoms with van der Waals surface area (Å²) in [4.78, 5) is 45.0. The van der Waals surface area contributed by atoms with Gasteiger partial charge in [0.25, 0.3) is 29.8 Å². The minimum absolute atomic E-state index is 0.0620. The van der Waals surface area contributed by atoms with Gasteiger partial charge in [0.1, 0.15) is 30.0 Å². The molecule has 1 aliphatic carbocycles. The zero-order chi connectivity index (χ0) is 42.4. The third-order valence-electron chi connectivity index (χ3n) is 7.24. The first kappa shape index (κ1) is 54.2. The van der Waals surface area contributed by atoms with E-state index < -0.39 is 90.6 Å². The molecule has 1 saturated carbocycles. The number of hydrogen-bond donors (Lipinski definition) is 13. The van der Waals surface area contributed by atoms with Crippen molar-refractivity contribution >= 4 is 29.8 Å². The van der Waals surface area contributed by atoms with Crippen LogP contribution < -0.4 is 27.8 Å². The van der Waals surface area contributed by atoms with E-state index >= 15 is 0 Å². The number of aliphatic hydroxyl groups is 3. The predicted molar refractivity (Wildman–Crippen MR) is 186 cm³/mol. The fourth-order valence-corrected chi connectivity index (χ4v) is 5.04. The third kappa shape index (κ3) is 24.7. The summed E-state index contributed by atoms with van der Waals surface area (Å²) in [6.07, 6.45) is -4.22. The average molecular weight is 778 g/mol. The number of nitrogens with one attached hydrogen (secondary N) is 2. The van der Waals surface area contributed by atoms with Crippen molar-refractivity contribution in [1.82, 2.24) is 10.6 Å². The topological polar surface area (TPSA) is 386 Å². The van der Waals surface area contributed by atoms with Crippen LogP contribution in [0.1, 0.15) is 67.7 Å². The highest BCUT2D eigenvalue weighted by molar-refractivity contribution is 5.63. The molecule has 22 heteroatoms. The van der Waals surface area contributed by atoms with Crippen LogP contribution >= 0.6 is 0 Å². The molecule has 2 aliphatic heterocycles. The van der Waals surface area contributed by atoms with Crippen molar-refractivity contribution in [2.45, 2.75) is 147 Å². The standard InChI is InChI=1S/C21H43N5O7.5C2H4O2/c1-9(25-3)13-6-5-10(22)19(31-13)32-16-11(23)7-12(24)17(14(16)27)33-20-15(28)18(26-4)21(2,29)8-30-20;5*1-2(3)4/h9-20,25-29H,5-8,22-24H2,1-4H3;5*1H3,(H,3,4). The maximum atomic E-state index is 11.1. The van der Waals surface area contributed by atoms with Crippen LogP contribution in [0.25, 0.3) is 0 Å². The Morgan fingerprint density at radius 3 is 1.45 bits per heavy atom. The van der Waals surface area contributed by atoms with E-state index in [9.17, 15) is 15.3 Å². The number of aliphatic carboxylic acids is 5. The van der Waals surface area contributed by atoms with Gasteiger partial charge < -0.3 is 87.6 Å². The summed E-state index contributed by atoms with van der Waals surface area (Å²) in [7, 11) is 3.49. The molecule has 13 atom stereocenters. The van der Waals surface area contributed by atoms with Gasteiger partial charge in [0.2, 0.25) is 0 Å². The van der Waals surface area contributed by atoms with Crippen LogP contribution in [0.3, 0.4) is 0 Å². The molecule has 2 heterocycles.